The van der Waals surface area contributed by atoms with Crippen LogP contribution >= 0.6 is 0 Å². The molecule has 0 radical (unpaired) electrons. The number of nitrogens with two attached hydrogens (primary N) is 1. The number of nitrogens with zero attached hydrogens (tertiary/aromatic N) is 1. The Morgan fingerprint density at radius 3 is 2.92 bits per heavy atom. The van der Waals surface area contributed by atoms with Crippen molar-refractivity contribution in [1.29, 1.82) is 0 Å². The fourth-order valence-corrected chi connectivity index (χ4v) is 0.954. The van der Waals surface area contributed by atoms with E-state index in [-0.39, 0.29) is 0 Å². The molecule has 0 heterocycles. The smallest absolute Gasteiger partial charge is 0.125 e. The Labute approximate surface area is 72.4 Å². The molecular formula is C10H12N2. The Morgan fingerprint density at radius 2 is 2.33 bits per heavy atom. The van der Waals surface area contributed by atoms with E-state index in [9.17, 15) is 0 Å². The molecule has 1 aromatic rings. The maximum Gasteiger partial charge on any atom is 0.125 e. The van der Waals surface area contributed by atoms with E-state index >= 15 is 0 Å². The number of amidine groups is 1. The molecule has 0 aliphatic rings. The van der Waals surface area contributed by atoms with Crippen molar-refractivity contribution in [3.8, 4) is 0 Å². The standard InChI is InChI=1S/C10H12N2/c1-3-8-5-4-6-9(7-8)10(11)12-2/h3-7H,1H2,2H3,(H2,11,12). The van der Waals surface area contributed by atoms with Gasteiger partial charge in [-0.25, -0.2) is 0 Å². The van der Waals surface area contributed by atoms with Crippen LogP contribution in [0.1, 0.15) is 11.1 Å². The Morgan fingerprint density at radius 1 is 1.58 bits per heavy atom. The lowest BCUT2D eigenvalue weighted by Gasteiger charge is -1.99. The zero-order valence-electron chi connectivity index (χ0n) is 7.12. The van der Waals surface area contributed by atoms with Crippen molar-refractivity contribution in [2.75, 3.05) is 7.05 Å². The second-order valence-corrected chi connectivity index (χ2v) is 2.44. The number of hydrogen-bond acceptors (Lipinski definition) is 1. The number of rotatable bonds is 2. The van der Waals surface area contributed by atoms with E-state index in [1.807, 2.05) is 24.3 Å². The average molecular weight is 160 g/mol. The summed E-state index contributed by atoms with van der Waals surface area (Å²) in [5.74, 6) is 0.554. The summed E-state index contributed by atoms with van der Waals surface area (Å²) < 4.78 is 0. The predicted molar refractivity (Wildman–Crippen MR) is 53.2 cm³/mol. The van der Waals surface area contributed by atoms with Crippen LogP contribution in [0, 0.1) is 0 Å². The van der Waals surface area contributed by atoms with Crippen molar-refractivity contribution in [3.05, 3.63) is 42.0 Å². The summed E-state index contributed by atoms with van der Waals surface area (Å²) in [7, 11) is 1.68. The monoisotopic (exact) mass is 160 g/mol. The first-order valence-electron chi connectivity index (χ1n) is 3.73. The lowest BCUT2D eigenvalue weighted by molar-refractivity contribution is 1.39. The van der Waals surface area contributed by atoms with Gasteiger partial charge in [0, 0.05) is 12.6 Å². The summed E-state index contributed by atoms with van der Waals surface area (Å²) in [6.07, 6.45) is 1.78. The zero-order valence-corrected chi connectivity index (χ0v) is 7.12. The molecule has 12 heavy (non-hydrogen) atoms. The van der Waals surface area contributed by atoms with Gasteiger partial charge in [0.2, 0.25) is 0 Å². The molecule has 0 aromatic heterocycles. The van der Waals surface area contributed by atoms with Gasteiger partial charge in [0.15, 0.2) is 0 Å². The molecule has 0 bridgehead atoms. The van der Waals surface area contributed by atoms with Gasteiger partial charge in [-0.15, -0.1) is 0 Å². The Kier molecular flexibility index (Phi) is 2.64. The highest BCUT2D eigenvalue weighted by Crippen LogP contribution is 2.05. The first-order valence-corrected chi connectivity index (χ1v) is 3.73. The van der Waals surface area contributed by atoms with E-state index in [2.05, 4.69) is 11.6 Å². The molecule has 0 amide bonds. The predicted octanol–water partition coefficient (Wildman–Crippen LogP) is 1.66. The number of benzene rings is 1. The van der Waals surface area contributed by atoms with Crippen LogP contribution in [0.2, 0.25) is 0 Å². The van der Waals surface area contributed by atoms with Crippen LogP contribution in [0.25, 0.3) is 6.08 Å². The van der Waals surface area contributed by atoms with E-state index in [1.54, 1.807) is 13.1 Å². The van der Waals surface area contributed by atoms with Crippen LogP contribution in [0.3, 0.4) is 0 Å². The highest BCUT2D eigenvalue weighted by atomic mass is 14.8. The van der Waals surface area contributed by atoms with Crippen LogP contribution in [-0.2, 0) is 0 Å². The summed E-state index contributed by atoms with van der Waals surface area (Å²) in [5, 5.41) is 0. The topological polar surface area (TPSA) is 38.4 Å². The minimum Gasteiger partial charge on any atom is -0.384 e. The minimum absolute atomic E-state index is 0.554. The molecule has 0 saturated carbocycles. The van der Waals surface area contributed by atoms with Gasteiger partial charge in [-0.3, -0.25) is 4.99 Å². The molecule has 0 atom stereocenters. The SMILES string of the molecule is C=Cc1cccc(C(N)=NC)c1. The van der Waals surface area contributed by atoms with Gasteiger partial charge in [-0.2, -0.15) is 0 Å². The van der Waals surface area contributed by atoms with Gasteiger partial charge in [-0.1, -0.05) is 30.9 Å². The Bertz CT molecular complexity index is 313. The minimum atomic E-state index is 0.554. The number of aliphatic imine (C=N–C) groups is 1. The van der Waals surface area contributed by atoms with Crippen molar-refractivity contribution in [2.24, 2.45) is 10.7 Å². The molecule has 2 N–H and O–H groups in total. The van der Waals surface area contributed by atoms with Crippen molar-refractivity contribution < 1.29 is 0 Å². The summed E-state index contributed by atoms with van der Waals surface area (Å²) in [4.78, 5) is 3.89. The maximum atomic E-state index is 5.63. The van der Waals surface area contributed by atoms with Gasteiger partial charge < -0.3 is 5.73 Å². The molecule has 2 nitrogen and oxygen atoms in total. The molecule has 62 valence electrons. The molecular weight excluding hydrogens is 148 g/mol. The van der Waals surface area contributed by atoms with E-state index in [1.165, 1.54) is 0 Å². The third-order valence-electron chi connectivity index (χ3n) is 1.66. The number of hydrogen-bond donors (Lipinski definition) is 1. The van der Waals surface area contributed by atoms with E-state index < -0.39 is 0 Å². The summed E-state index contributed by atoms with van der Waals surface area (Å²) in [6.45, 7) is 3.68. The summed E-state index contributed by atoms with van der Waals surface area (Å²) in [6, 6.07) is 7.79. The lowest BCUT2D eigenvalue weighted by atomic mass is 10.1. The molecule has 0 fully saturated rings. The first kappa shape index (κ1) is 8.53. The zero-order chi connectivity index (χ0) is 8.97. The molecule has 0 aliphatic carbocycles. The van der Waals surface area contributed by atoms with E-state index in [0.717, 1.165) is 11.1 Å². The Hall–Kier alpha value is -1.57. The van der Waals surface area contributed by atoms with Gasteiger partial charge in [0.05, 0.1) is 0 Å². The molecule has 2 heteroatoms. The van der Waals surface area contributed by atoms with Crippen molar-refractivity contribution in [2.45, 2.75) is 0 Å². The third kappa shape index (κ3) is 1.72. The van der Waals surface area contributed by atoms with Crippen LogP contribution < -0.4 is 5.73 Å². The van der Waals surface area contributed by atoms with Crippen molar-refractivity contribution in [3.63, 3.8) is 0 Å². The third-order valence-corrected chi connectivity index (χ3v) is 1.66. The largest absolute Gasteiger partial charge is 0.384 e. The van der Waals surface area contributed by atoms with Gasteiger partial charge in [-0.05, 0) is 11.6 Å². The van der Waals surface area contributed by atoms with E-state index in [0.29, 0.717) is 5.84 Å². The Balaban J connectivity index is 3.10. The highest BCUT2D eigenvalue weighted by Gasteiger charge is 1.95. The molecule has 0 spiro atoms. The second-order valence-electron chi connectivity index (χ2n) is 2.44. The van der Waals surface area contributed by atoms with Crippen LogP contribution in [-0.4, -0.2) is 12.9 Å². The van der Waals surface area contributed by atoms with E-state index in [4.69, 9.17) is 5.73 Å². The van der Waals surface area contributed by atoms with Gasteiger partial charge >= 0.3 is 0 Å². The fourth-order valence-electron chi connectivity index (χ4n) is 0.954. The molecule has 1 rings (SSSR count). The van der Waals surface area contributed by atoms with Gasteiger partial charge in [0.1, 0.15) is 5.84 Å². The summed E-state index contributed by atoms with van der Waals surface area (Å²) in [5.41, 5.74) is 7.63. The summed E-state index contributed by atoms with van der Waals surface area (Å²) >= 11 is 0. The second kappa shape index (κ2) is 3.72. The highest BCUT2D eigenvalue weighted by molar-refractivity contribution is 5.97. The molecule has 0 aliphatic heterocycles. The van der Waals surface area contributed by atoms with Crippen molar-refractivity contribution in [1.82, 2.24) is 0 Å². The van der Waals surface area contributed by atoms with Crippen molar-refractivity contribution >= 4 is 11.9 Å². The molecule has 0 unspecified atom stereocenters. The molecule has 0 saturated heterocycles. The first-order chi connectivity index (χ1) is 5.77. The van der Waals surface area contributed by atoms with Gasteiger partial charge in [0.25, 0.3) is 0 Å². The quantitative estimate of drug-likeness (QED) is 0.518. The van der Waals surface area contributed by atoms with Crippen LogP contribution in [0.5, 0.6) is 0 Å². The molecule has 1 aromatic carbocycles. The normalized spacial score (nSPS) is 11.2. The average Bonchev–Trinajstić information content (AvgIpc) is 2.17. The van der Waals surface area contributed by atoms with Crippen LogP contribution in [0.4, 0.5) is 0 Å². The van der Waals surface area contributed by atoms with Crippen LogP contribution in [0.15, 0.2) is 35.8 Å². The maximum absolute atomic E-state index is 5.63. The fraction of sp³-hybridized carbons (Fsp3) is 0.100. The lowest BCUT2D eigenvalue weighted by Crippen LogP contribution is -2.12.